The van der Waals surface area contributed by atoms with E-state index in [1.807, 2.05) is 19.1 Å². The Balaban J connectivity index is 1.54. The Labute approximate surface area is 161 Å². The Morgan fingerprint density at radius 2 is 1.68 bits per heavy atom. The topological polar surface area (TPSA) is 19.4 Å². The number of hydrogen-bond donors (Lipinski definition) is 0. The minimum absolute atomic E-state index is 0.783. The maximum atomic E-state index is 6.23. The second-order valence-corrected chi connectivity index (χ2v) is 8.27. The van der Waals surface area contributed by atoms with E-state index in [9.17, 15) is 0 Å². The van der Waals surface area contributed by atoms with Crippen molar-refractivity contribution in [1.29, 1.82) is 0 Å². The first-order chi connectivity index (χ1) is 12.0. The predicted octanol–water partition coefficient (Wildman–Crippen LogP) is 5.55. The number of halogens is 2. The molecule has 0 radical (unpaired) electrons. The van der Waals surface area contributed by atoms with Crippen molar-refractivity contribution in [2.24, 2.45) is 0 Å². The monoisotopic (exact) mass is 391 g/mol. The van der Waals surface area contributed by atoms with Gasteiger partial charge in [-0.1, -0.05) is 40.6 Å². The molecular weight excluding hydrogens is 373 g/mol. The zero-order chi connectivity index (χ0) is 17.6. The number of fused-ring (bicyclic) bond motifs is 1. The zero-order valence-electron chi connectivity index (χ0n) is 14.2. The van der Waals surface area contributed by atoms with Gasteiger partial charge < -0.3 is 9.80 Å². The first kappa shape index (κ1) is 17.0. The van der Waals surface area contributed by atoms with Crippen LogP contribution in [0.4, 0.5) is 10.8 Å². The van der Waals surface area contributed by atoms with Crippen LogP contribution in [0.15, 0.2) is 30.3 Å². The van der Waals surface area contributed by atoms with Gasteiger partial charge in [0.25, 0.3) is 0 Å². The molecule has 130 valence electrons. The first-order valence-corrected chi connectivity index (χ1v) is 9.92. The van der Waals surface area contributed by atoms with Gasteiger partial charge in [0.2, 0.25) is 0 Å². The summed E-state index contributed by atoms with van der Waals surface area (Å²) in [4.78, 5) is 9.63. The molecule has 0 bridgehead atoms. The molecule has 0 unspecified atom stereocenters. The van der Waals surface area contributed by atoms with E-state index in [4.69, 9.17) is 28.2 Å². The highest BCUT2D eigenvalue weighted by Crippen LogP contribution is 2.34. The van der Waals surface area contributed by atoms with Gasteiger partial charge in [-0.3, -0.25) is 0 Å². The van der Waals surface area contributed by atoms with Crippen LogP contribution in [0.1, 0.15) is 11.1 Å². The molecule has 1 saturated heterocycles. The highest BCUT2D eigenvalue weighted by atomic mass is 35.5. The van der Waals surface area contributed by atoms with Crippen molar-refractivity contribution < 1.29 is 0 Å². The Kier molecular flexibility index (Phi) is 4.52. The standard InChI is InChI=1S/C19H19Cl2N3S/c1-12-3-4-14(20)11-16(12)23-7-9-24(10-8-23)19-22-18-13(2)15(21)5-6-17(18)25-19/h3-6,11H,7-10H2,1-2H3. The van der Waals surface area contributed by atoms with Gasteiger partial charge in [0.1, 0.15) is 0 Å². The summed E-state index contributed by atoms with van der Waals surface area (Å²) in [6.07, 6.45) is 0. The lowest BCUT2D eigenvalue weighted by Crippen LogP contribution is -2.46. The molecule has 0 N–H and O–H groups in total. The molecule has 0 saturated carbocycles. The number of hydrogen-bond acceptors (Lipinski definition) is 4. The number of aromatic nitrogens is 1. The Morgan fingerprint density at radius 1 is 0.960 bits per heavy atom. The van der Waals surface area contributed by atoms with Crippen molar-refractivity contribution in [2.75, 3.05) is 36.0 Å². The van der Waals surface area contributed by atoms with Gasteiger partial charge in [-0.05, 0) is 49.2 Å². The van der Waals surface area contributed by atoms with E-state index < -0.39 is 0 Å². The molecular formula is C19H19Cl2N3S. The quantitative estimate of drug-likeness (QED) is 0.570. The Morgan fingerprint density at radius 3 is 2.44 bits per heavy atom. The van der Waals surface area contributed by atoms with Gasteiger partial charge in [0, 0.05) is 41.9 Å². The molecule has 1 aliphatic rings. The first-order valence-electron chi connectivity index (χ1n) is 8.34. The van der Waals surface area contributed by atoms with Crippen LogP contribution in [0.2, 0.25) is 10.0 Å². The van der Waals surface area contributed by atoms with Crippen molar-refractivity contribution in [3.05, 3.63) is 51.5 Å². The van der Waals surface area contributed by atoms with E-state index in [1.54, 1.807) is 11.3 Å². The zero-order valence-corrected chi connectivity index (χ0v) is 16.5. The molecule has 0 spiro atoms. The van der Waals surface area contributed by atoms with Crippen LogP contribution in [0.25, 0.3) is 10.2 Å². The molecule has 2 aromatic carbocycles. The summed E-state index contributed by atoms with van der Waals surface area (Å²) in [7, 11) is 0. The molecule has 0 atom stereocenters. The van der Waals surface area contributed by atoms with Crippen LogP contribution in [0.5, 0.6) is 0 Å². The number of anilines is 2. The van der Waals surface area contributed by atoms with Gasteiger partial charge in [-0.2, -0.15) is 0 Å². The van der Waals surface area contributed by atoms with Crippen molar-refractivity contribution in [1.82, 2.24) is 4.98 Å². The lowest BCUT2D eigenvalue weighted by Gasteiger charge is -2.36. The maximum absolute atomic E-state index is 6.23. The number of thiazole rings is 1. The lowest BCUT2D eigenvalue weighted by molar-refractivity contribution is 0.651. The van der Waals surface area contributed by atoms with Crippen molar-refractivity contribution >= 4 is 55.6 Å². The third-order valence-electron chi connectivity index (χ3n) is 4.80. The lowest BCUT2D eigenvalue weighted by atomic mass is 10.1. The number of piperazine rings is 1. The van der Waals surface area contributed by atoms with E-state index in [2.05, 4.69) is 34.9 Å². The molecule has 2 heterocycles. The summed E-state index contributed by atoms with van der Waals surface area (Å²) in [6, 6.07) is 10.1. The summed E-state index contributed by atoms with van der Waals surface area (Å²) in [5.74, 6) is 0. The fraction of sp³-hybridized carbons (Fsp3) is 0.316. The fourth-order valence-electron chi connectivity index (χ4n) is 3.29. The highest BCUT2D eigenvalue weighted by molar-refractivity contribution is 7.22. The summed E-state index contributed by atoms with van der Waals surface area (Å²) in [6.45, 7) is 8.02. The second kappa shape index (κ2) is 6.67. The Bertz CT molecular complexity index is 930. The van der Waals surface area contributed by atoms with E-state index >= 15 is 0 Å². The summed E-state index contributed by atoms with van der Waals surface area (Å²) in [5, 5.41) is 2.66. The number of nitrogens with zero attached hydrogens (tertiary/aromatic N) is 3. The van der Waals surface area contributed by atoms with E-state index in [0.717, 1.165) is 52.4 Å². The van der Waals surface area contributed by atoms with E-state index in [0.29, 0.717) is 0 Å². The molecule has 6 heteroatoms. The average Bonchev–Trinajstić information content (AvgIpc) is 3.06. The Hall–Kier alpha value is -1.49. The molecule has 0 amide bonds. The maximum Gasteiger partial charge on any atom is 0.186 e. The third-order valence-corrected chi connectivity index (χ3v) is 6.52. The SMILES string of the molecule is Cc1ccc(Cl)cc1N1CCN(c2nc3c(C)c(Cl)ccc3s2)CC1. The number of benzene rings is 2. The molecule has 1 fully saturated rings. The molecule has 3 aromatic rings. The van der Waals surface area contributed by atoms with Crippen molar-refractivity contribution in [3.63, 3.8) is 0 Å². The van der Waals surface area contributed by atoms with E-state index in [-0.39, 0.29) is 0 Å². The van der Waals surface area contributed by atoms with Crippen LogP contribution in [-0.2, 0) is 0 Å². The van der Waals surface area contributed by atoms with Crippen LogP contribution >= 0.6 is 34.5 Å². The van der Waals surface area contributed by atoms with Gasteiger partial charge in [-0.15, -0.1) is 0 Å². The van der Waals surface area contributed by atoms with Crippen LogP contribution in [-0.4, -0.2) is 31.2 Å². The highest BCUT2D eigenvalue weighted by Gasteiger charge is 2.21. The summed E-state index contributed by atoms with van der Waals surface area (Å²) < 4.78 is 1.20. The fourth-order valence-corrected chi connectivity index (χ4v) is 4.68. The van der Waals surface area contributed by atoms with Crippen molar-refractivity contribution in [3.8, 4) is 0 Å². The normalized spacial score (nSPS) is 15.2. The van der Waals surface area contributed by atoms with Gasteiger partial charge in [-0.25, -0.2) is 4.98 Å². The largest absolute Gasteiger partial charge is 0.368 e. The molecule has 1 aromatic heterocycles. The smallest absolute Gasteiger partial charge is 0.186 e. The minimum atomic E-state index is 0.783. The van der Waals surface area contributed by atoms with Crippen LogP contribution in [0, 0.1) is 13.8 Å². The summed E-state index contributed by atoms with van der Waals surface area (Å²) in [5.41, 5.74) is 4.60. The third kappa shape index (κ3) is 3.19. The van der Waals surface area contributed by atoms with E-state index in [1.165, 1.54) is 16.0 Å². The van der Waals surface area contributed by atoms with Gasteiger partial charge >= 0.3 is 0 Å². The van der Waals surface area contributed by atoms with Crippen molar-refractivity contribution in [2.45, 2.75) is 13.8 Å². The molecule has 3 nitrogen and oxygen atoms in total. The summed E-state index contributed by atoms with van der Waals surface area (Å²) >= 11 is 14.2. The predicted molar refractivity (Wildman–Crippen MR) is 110 cm³/mol. The van der Waals surface area contributed by atoms with Gasteiger partial charge in [0.15, 0.2) is 5.13 Å². The molecule has 25 heavy (non-hydrogen) atoms. The molecule has 0 aliphatic carbocycles. The van der Waals surface area contributed by atoms with Crippen LogP contribution < -0.4 is 9.80 Å². The minimum Gasteiger partial charge on any atom is -0.368 e. The van der Waals surface area contributed by atoms with Gasteiger partial charge in [0.05, 0.1) is 10.2 Å². The second-order valence-electron chi connectivity index (χ2n) is 6.42. The number of aryl methyl sites for hydroxylation is 2. The molecule has 4 rings (SSSR count). The average molecular weight is 392 g/mol. The van der Waals surface area contributed by atoms with Crippen LogP contribution in [0.3, 0.4) is 0 Å². The molecule has 1 aliphatic heterocycles. The number of rotatable bonds is 2.